The zero-order valence-corrected chi connectivity index (χ0v) is 14.6. The lowest BCUT2D eigenvalue weighted by atomic mass is 10.2. The van der Waals surface area contributed by atoms with Gasteiger partial charge in [0.05, 0.1) is 11.0 Å². The molecule has 1 aromatic heterocycles. The molecule has 0 unspecified atom stereocenters. The van der Waals surface area contributed by atoms with Crippen LogP contribution in [0.2, 0.25) is 5.02 Å². The molecule has 0 aliphatic carbocycles. The molecule has 114 valence electrons. The molecule has 0 saturated heterocycles. The maximum Gasteiger partial charge on any atom is 0.146 e. The van der Waals surface area contributed by atoms with E-state index in [1.165, 1.54) is 0 Å². The van der Waals surface area contributed by atoms with Gasteiger partial charge in [-0.2, -0.15) is 0 Å². The molecule has 1 aromatic carbocycles. The van der Waals surface area contributed by atoms with Gasteiger partial charge < -0.3 is 14.5 Å². The molecule has 3 nitrogen and oxygen atoms in total. The van der Waals surface area contributed by atoms with Crippen molar-refractivity contribution in [2.45, 2.75) is 33.4 Å². The third-order valence-corrected chi connectivity index (χ3v) is 3.90. The molecular weight excluding hydrogens is 354 g/mol. The van der Waals surface area contributed by atoms with Crippen molar-refractivity contribution in [2.24, 2.45) is 0 Å². The maximum absolute atomic E-state index is 5.91. The summed E-state index contributed by atoms with van der Waals surface area (Å²) in [4.78, 5) is 0. The first kappa shape index (κ1) is 16.4. The highest BCUT2D eigenvalue weighted by Crippen LogP contribution is 2.29. The lowest BCUT2D eigenvalue weighted by Crippen LogP contribution is -2.13. The van der Waals surface area contributed by atoms with Crippen LogP contribution in [0.3, 0.4) is 0 Å². The standard InChI is InChI=1S/C16H19BrClNO2/c1-3-6-19-9-16-11(2)7-13(21-16)10-20-15-5-4-12(18)8-14(15)17/h4-5,7-8,19H,3,6,9-10H2,1-2H3. The summed E-state index contributed by atoms with van der Waals surface area (Å²) >= 11 is 9.34. The monoisotopic (exact) mass is 371 g/mol. The zero-order chi connectivity index (χ0) is 15.2. The average Bonchev–Trinajstić information content (AvgIpc) is 2.79. The van der Waals surface area contributed by atoms with Gasteiger partial charge in [-0.3, -0.25) is 0 Å². The van der Waals surface area contributed by atoms with E-state index in [0.717, 1.165) is 46.8 Å². The molecular formula is C16H19BrClNO2. The SMILES string of the molecule is CCCNCc1oc(COc2ccc(Cl)cc2Br)cc1C. The molecule has 5 heteroatoms. The summed E-state index contributed by atoms with van der Waals surface area (Å²) < 4.78 is 12.4. The predicted octanol–water partition coefficient (Wildman–Crippen LogP) is 5.08. The van der Waals surface area contributed by atoms with Crippen LogP contribution in [-0.2, 0) is 13.2 Å². The topological polar surface area (TPSA) is 34.4 Å². The highest BCUT2D eigenvalue weighted by atomic mass is 79.9. The molecule has 0 aliphatic heterocycles. The molecule has 21 heavy (non-hydrogen) atoms. The van der Waals surface area contributed by atoms with E-state index in [1.807, 2.05) is 25.1 Å². The number of nitrogens with one attached hydrogen (secondary N) is 1. The Bertz CT molecular complexity index is 598. The second-order valence-electron chi connectivity index (χ2n) is 4.86. The van der Waals surface area contributed by atoms with Crippen LogP contribution < -0.4 is 10.1 Å². The van der Waals surface area contributed by atoms with Gasteiger partial charge >= 0.3 is 0 Å². The van der Waals surface area contributed by atoms with Gasteiger partial charge in [0.2, 0.25) is 0 Å². The smallest absolute Gasteiger partial charge is 0.146 e. The minimum Gasteiger partial charge on any atom is -0.484 e. The summed E-state index contributed by atoms with van der Waals surface area (Å²) in [5, 5.41) is 4.01. The lowest BCUT2D eigenvalue weighted by molar-refractivity contribution is 0.263. The molecule has 0 saturated carbocycles. The van der Waals surface area contributed by atoms with Gasteiger partial charge in [0, 0.05) is 5.02 Å². The first-order valence-electron chi connectivity index (χ1n) is 6.97. The Hall–Kier alpha value is -0.970. The number of hydrogen-bond donors (Lipinski definition) is 1. The Labute approximate surface area is 138 Å². The molecule has 0 radical (unpaired) electrons. The third-order valence-electron chi connectivity index (χ3n) is 3.05. The molecule has 0 aliphatic rings. The first-order valence-corrected chi connectivity index (χ1v) is 8.14. The maximum atomic E-state index is 5.91. The Kier molecular flexibility index (Phi) is 6.15. The number of aryl methyl sites for hydroxylation is 1. The first-order chi connectivity index (χ1) is 10.1. The van der Waals surface area contributed by atoms with Gasteiger partial charge in [-0.25, -0.2) is 0 Å². The van der Waals surface area contributed by atoms with Crippen LogP contribution >= 0.6 is 27.5 Å². The third kappa shape index (κ3) is 4.77. The quantitative estimate of drug-likeness (QED) is 0.688. The molecule has 2 rings (SSSR count). The Morgan fingerprint density at radius 3 is 2.86 bits per heavy atom. The van der Waals surface area contributed by atoms with Crippen LogP contribution in [0, 0.1) is 6.92 Å². The largest absolute Gasteiger partial charge is 0.484 e. The van der Waals surface area contributed by atoms with E-state index in [9.17, 15) is 0 Å². The highest BCUT2D eigenvalue weighted by Gasteiger charge is 2.09. The van der Waals surface area contributed by atoms with Gasteiger partial charge in [0.25, 0.3) is 0 Å². The van der Waals surface area contributed by atoms with E-state index in [1.54, 1.807) is 6.07 Å². The summed E-state index contributed by atoms with van der Waals surface area (Å²) in [5.74, 6) is 2.54. The normalized spacial score (nSPS) is 10.9. The second-order valence-corrected chi connectivity index (χ2v) is 6.15. The molecule has 0 fully saturated rings. The minimum absolute atomic E-state index is 0.398. The molecule has 0 amide bonds. The van der Waals surface area contributed by atoms with Crippen molar-refractivity contribution in [3.05, 3.63) is 50.8 Å². The van der Waals surface area contributed by atoms with Gasteiger partial charge in [-0.1, -0.05) is 18.5 Å². The van der Waals surface area contributed by atoms with E-state index in [2.05, 4.69) is 28.2 Å². The van der Waals surface area contributed by atoms with Gasteiger partial charge in [-0.05, 0) is 65.6 Å². The summed E-state index contributed by atoms with van der Waals surface area (Å²) in [6.07, 6.45) is 1.11. The van der Waals surface area contributed by atoms with Crippen LogP contribution in [0.15, 0.2) is 33.2 Å². The molecule has 2 aromatic rings. The number of ether oxygens (including phenoxy) is 1. The molecule has 0 atom stereocenters. The summed E-state index contributed by atoms with van der Waals surface area (Å²) in [7, 11) is 0. The number of benzene rings is 1. The fraction of sp³-hybridized carbons (Fsp3) is 0.375. The van der Waals surface area contributed by atoms with Gasteiger partial charge in [0.1, 0.15) is 23.9 Å². The van der Waals surface area contributed by atoms with Crippen molar-refractivity contribution in [3.63, 3.8) is 0 Å². The fourth-order valence-electron chi connectivity index (χ4n) is 1.96. The summed E-state index contributed by atoms with van der Waals surface area (Å²) in [5.41, 5.74) is 1.15. The van der Waals surface area contributed by atoms with Crippen molar-refractivity contribution in [2.75, 3.05) is 6.54 Å². The fourth-order valence-corrected chi connectivity index (χ4v) is 2.75. The van der Waals surface area contributed by atoms with Crippen molar-refractivity contribution >= 4 is 27.5 Å². The van der Waals surface area contributed by atoms with Crippen LogP contribution in [-0.4, -0.2) is 6.54 Å². The van der Waals surface area contributed by atoms with Gasteiger partial charge in [0.15, 0.2) is 0 Å². The second kappa shape index (κ2) is 7.87. The van der Waals surface area contributed by atoms with Crippen molar-refractivity contribution in [1.82, 2.24) is 5.32 Å². The van der Waals surface area contributed by atoms with Crippen LogP contribution in [0.1, 0.15) is 30.4 Å². The molecule has 1 heterocycles. The zero-order valence-electron chi connectivity index (χ0n) is 12.2. The highest BCUT2D eigenvalue weighted by molar-refractivity contribution is 9.10. The van der Waals surface area contributed by atoms with Crippen LogP contribution in [0.5, 0.6) is 5.75 Å². The van der Waals surface area contributed by atoms with E-state index in [0.29, 0.717) is 11.6 Å². The lowest BCUT2D eigenvalue weighted by Gasteiger charge is -2.06. The predicted molar refractivity (Wildman–Crippen MR) is 88.9 cm³/mol. The van der Waals surface area contributed by atoms with E-state index in [4.69, 9.17) is 20.8 Å². The summed E-state index contributed by atoms with van der Waals surface area (Å²) in [6.45, 7) is 6.34. The van der Waals surface area contributed by atoms with Crippen molar-refractivity contribution < 1.29 is 9.15 Å². The summed E-state index contributed by atoms with van der Waals surface area (Å²) in [6, 6.07) is 7.47. The van der Waals surface area contributed by atoms with Gasteiger partial charge in [-0.15, -0.1) is 0 Å². The van der Waals surface area contributed by atoms with Crippen molar-refractivity contribution in [3.8, 4) is 5.75 Å². The van der Waals surface area contributed by atoms with E-state index in [-0.39, 0.29) is 0 Å². The Balaban J connectivity index is 1.95. The number of furan rings is 1. The minimum atomic E-state index is 0.398. The number of hydrogen-bond acceptors (Lipinski definition) is 3. The van der Waals surface area contributed by atoms with E-state index < -0.39 is 0 Å². The Morgan fingerprint density at radius 1 is 1.33 bits per heavy atom. The molecule has 1 N–H and O–H groups in total. The number of rotatable bonds is 7. The average molecular weight is 373 g/mol. The number of halogens is 2. The molecule has 0 bridgehead atoms. The van der Waals surface area contributed by atoms with Crippen LogP contribution in [0.25, 0.3) is 0 Å². The van der Waals surface area contributed by atoms with Crippen LogP contribution in [0.4, 0.5) is 0 Å². The van der Waals surface area contributed by atoms with E-state index >= 15 is 0 Å². The Morgan fingerprint density at radius 2 is 2.14 bits per heavy atom. The molecule has 0 spiro atoms. The van der Waals surface area contributed by atoms with Crippen molar-refractivity contribution in [1.29, 1.82) is 0 Å².